The predicted octanol–water partition coefficient (Wildman–Crippen LogP) is 3.26. The van der Waals surface area contributed by atoms with Crippen LogP contribution in [0.3, 0.4) is 0 Å². The van der Waals surface area contributed by atoms with Gasteiger partial charge in [-0.15, -0.1) is 0 Å². The standard InChI is InChI=1S/C23H25NO6/c24-23(13-16-10-18(20(25)26)12-19(11-16)21(27)28)8-6-17(7-9-23)22(29)30-14-15-4-2-1-3-5-15/h1-5,10-12,17H,6-9,13-14,24H2,(H,25,26)(H,27,28). The first-order valence-electron chi connectivity index (χ1n) is 9.86. The Morgan fingerprint density at radius 2 is 1.50 bits per heavy atom. The van der Waals surface area contributed by atoms with Crippen molar-refractivity contribution in [2.24, 2.45) is 11.7 Å². The Hall–Kier alpha value is -3.19. The highest BCUT2D eigenvalue weighted by molar-refractivity contribution is 5.94. The van der Waals surface area contributed by atoms with E-state index in [-0.39, 0.29) is 29.6 Å². The van der Waals surface area contributed by atoms with Crippen molar-refractivity contribution in [1.82, 2.24) is 0 Å². The number of nitrogens with two attached hydrogens (primary N) is 1. The molecule has 2 aromatic rings. The molecule has 158 valence electrons. The van der Waals surface area contributed by atoms with Gasteiger partial charge in [-0.05, 0) is 61.4 Å². The van der Waals surface area contributed by atoms with Gasteiger partial charge in [-0.1, -0.05) is 30.3 Å². The second-order valence-corrected chi connectivity index (χ2v) is 7.94. The van der Waals surface area contributed by atoms with Gasteiger partial charge in [0.2, 0.25) is 0 Å². The lowest BCUT2D eigenvalue weighted by molar-refractivity contribution is -0.151. The highest BCUT2D eigenvalue weighted by Gasteiger charge is 2.35. The molecule has 0 spiro atoms. The van der Waals surface area contributed by atoms with Crippen molar-refractivity contribution < 1.29 is 29.3 Å². The van der Waals surface area contributed by atoms with Gasteiger partial charge < -0.3 is 20.7 Å². The van der Waals surface area contributed by atoms with Crippen LogP contribution < -0.4 is 5.73 Å². The van der Waals surface area contributed by atoms with E-state index in [4.69, 9.17) is 10.5 Å². The summed E-state index contributed by atoms with van der Waals surface area (Å²) in [4.78, 5) is 35.0. The molecule has 0 bridgehead atoms. The van der Waals surface area contributed by atoms with Crippen molar-refractivity contribution in [3.05, 3.63) is 70.8 Å². The minimum atomic E-state index is -1.18. The van der Waals surface area contributed by atoms with E-state index < -0.39 is 17.5 Å². The number of carboxylic acid groups (broad SMARTS) is 2. The Labute approximate surface area is 174 Å². The number of esters is 1. The molecule has 2 aromatic carbocycles. The first-order chi connectivity index (χ1) is 14.3. The third-order valence-electron chi connectivity index (χ3n) is 5.58. The summed E-state index contributed by atoms with van der Waals surface area (Å²) in [6.07, 6.45) is 2.64. The van der Waals surface area contributed by atoms with Crippen molar-refractivity contribution in [2.75, 3.05) is 0 Å². The van der Waals surface area contributed by atoms with E-state index in [1.165, 1.54) is 12.1 Å². The van der Waals surface area contributed by atoms with Crippen LogP contribution >= 0.6 is 0 Å². The number of aromatic carboxylic acids is 2. The topological polar surface area (TPSA) is 127 Å². The fourth-order valence-electron chi connectivity index (χ4n) is 3.90. The molecule has 1 aliphatic carbocycles. The van der Waals surface area contributed by atoms with E-state index in [1.807, 2.05) is 30.3 Å². The molecule has 0 saturated heterocycles. The predicted molar refractivity (Wildman–Crippen MR) is 109 cm³/mol. The van der Waals surface area contributed by atoms with E-state index in [9.17, 15) is 24.6 Å². The third kappa shape index (κ3) is 5.45. The van der Waals surface area contributed by atoms with E-state index in [2.05, 4.69) is 0 Å². The number of ether oxygens (including phenoxy) is 1. The van der Waals surface area contributed by atoms with Crippen molar-refractivity contribution in [2.45, 2.75) is 44.2 Å². The molecule has 7 heteroatoms. The fraction of sp³-hybridized carbons (Fsp3) is 0.348. The van der Waals surface area contributed by atoms with Gasteiger partial charge in [0.25, 0.3) is 0 Å². The van der Waals surface area contributed by atoms with E-state index in [1.54, 1.807) is 0 Å². The highest BCUT2D eigenvalue weighted by Crippen LogP contribution is 2.34. The largest absolute Gasteiger partial charge is 0.478 e. The molecular weight excluding hydrogens is 386 g/mol. The minimum Gasteiger partial charge on any atom is -0.478 e. The molecule has 0 radical (unpaired) electrons. The third-order valence-corrected chi connectivity index (χ3v) is 5.58. The summed E-state index contributed by atoms with van der Waals surface area (Å²) in [5.41, 5.74) is 7.25. The van der Waals surface area contributed by atoms with Gasteiger partial charge in [-0.3, -0.25) is 4.79 Å². The molecule has 1 aliphatic rings. The van der Waals surface area contributed by atoms with Crippen molar-refractivity contribution >= 4 is 17.9 Å². The van der Waals surface area contributed by atoms with E-state index in [0.29, 0.717) is 37.7 Å². The van der Waals surface area contributed by atoms with E-state index >= 15 is 0 Å². The molecule has 0 aliphatic heterocycles. The summed E-state index contributed by atoms with van der Waals surface area (Å²) in [6.45, 7) is 0.240. The number of rotatable bonds is 7. The zero-order valence-electron chi connectivity index (χ0n) is 16.5. The molecule has 0 amide bonds. The molecule has 0 aromatic heterocycles. The summed E-state index contributed by atoms with van der Waals surface area (Å²) in [6, 6.07) is 13.5. The number of carbonyl (C=O) groups excluding carboxylic acids is 1. The van der Waals surface area contributed by atoms with Gasteiger partial charge in [-0.2, -0.15) is 0 Å². The zero-order chi connectivity index (χ0) is 21.7. The van der Waals surface area contributed by atoms with Crippen LogP contribution in [0, 0.1) is 5.92 Å². The molecule has 1 saturated carbocycles. The van der Waals surface area contributed by atoms with Crippen LogP contribution in [0.2, 0.25) is 0 Å². The Bertz CT molecular complexity index is 900. The molecule has 30 heavy (non-hydrogen) atoms. The number of carboxylic acids is 2. The zero-order valence-corrected chi connectivity index (χ0v) is 16.5. The number of benzene rings is 2. The first-order valence-corrected chi connectivity index (χ1v) is 9.86. The van der Waals surface area contributed by atoms with Gasteiger partial charge in [0.15, 0.2) is 0 Å². The monoisotopic (exact) mass is 411 g/mol. The average molecular weight is 411 g/mol. The van der Waals surface area contributed by atoms with Crippen LogP contribution in [0.1, 0.15) is 57.5 Å². The minimum absolute atomic E-state index is 0.0772. The molecule has 0 unspecified atom stereocenters. The van der Waals surface area contributed by atoms with E-state index in [0.717, 1.165) is 11.6 Å². The summed E-state index contributed by atoms with van der Waals surface area (Å²) >= 11 is 0. The summed E-state index contributed by atoms with van der Waals surface area (Å²) in [5, 5.41) is 18.5. The van der Waals surface area contributed by atoms with Crippen LogP contribution in [0.25, 0.3) is 0 Å². The van der Waals surface area contributed by atoms with Gasteiger partial charge >= 0.3 is 17.9 Å². The number of carbonyl (C=O) groups is 3. The van der Waals surface area contributed by atoms with Crippen LogP contribution in [-0.4, -0.2) is 33.7 Å². The second-order valence-electron chi connectivity index (χ2n) is 7.94. The highest BCUT2D eigenvalue weighted by atomic mass is 16.5. The van der Waals surface area contributed by atoms with Gasteiger partial charge in [0.1, 0.15) is 6.61 Å². The maximum atomic E-state index is 12.4. The Morgan fingerprint density at radius 3 is 2.03 bits per heavy atom. The molecule has 7 nitrogen and oxygen atoms in total. The normalized spacial score (nSPS) is 21.0. The molecule has 0 heterocycles. The molecule has 0 atom stereocenters. The van der Waals surface area contributed by atoms with Crippen molar-refractivity contribution in [3.8, 4) is 0 Å². The Morgan fingerprint density at radius 1 is 0.933 bits per heavy atom. The number of hydrogen-bond donors (Lipinski definition) is 3. The van der Waals surface area contributed by atoms with Crippen molar-refractivity contribution in [3.63, 3.8) is 0 Å². The number of hydrogen-bond acceptors (Lipinski definition) is 5. The van der Waals surface area contributed by atoms with Crippen LogP contribution in [0.15, 0.2) is 48.5 Å². The maximum Gasteiger partial charge on any atom is 0.335 e. The Kier molecular flexibility index (Phi) is 6.52. The summed E-state index contributed by atoms with van der Waals surface area (Å²) in [7, 11) is 0. The van der Waals surface area contributed by atoms with Crippen LogP contribution in [-0.2, 0) is 22.6 Å². The molecule has 3 rings (SSSR count). The SMILES string of the molecule is NC1(Cc2cc(C(=O)O)cc(C(=O)O)c2)CCC(C(=O)OCc2ccccc2)CC1. The van der Waals surface area contributed by atoms with Gasteiger partial charge in [-0.25, -0.2) is 9.59 Å². The first kappa shape index (κ1) is 21.5. The lowest BCUT2D eigenvalue weighted by atomic mass is 9.74. The fourth-order valence-corrected chi connectivity index (χ4v) is 3.90. The van der Waals surface area contributed by atoms with Gasteiger partial charge in [0, 0.05) is 5.54 Å². The smallest absolute Gasteiger partial charge is 0.335 e. The molecule has 4 N–H and O–H groups in total. The summed E-state index contributed by atoms with van der Waals surface area (Å²) in [5.74, 6) is -2.82. The van der Waals surface area contributed by atoms with Crippen molar-refractivity contribution in [1.29, 1.82) is 0 Å². The average Bonchev–Trinajstić information content (AvgIpc) is 2.72. The van der Waals surface area contributed by atoms with Gasteiger partial charge in [0.05, 0.1) is 17.0 Å². The lowest BCUT2D eigenvalue weighted by Crippen LogP contribution is -2.46. The quantitative estimate of drug-likeness (QED) is 0.597. The Balaban J connectivity index is 1.60. The maximum absolute atomic E-state index is 12.4. The molecular formula is C23H25NO6. The van der Waals surface area contributed by atoms with Crippen LogP contribution in [0.4, 0.5) is 0 Å². The summed E-state index contributed by atoms with van der Waals surface area (Å²) < 4.78 is 5.43. The second kappa shape index (κ2) is 9.09. The molecule has 1 fully saturated rings. The lowest BCUT2D eigenvalue weighted by Gasteiger charge is -2.36. The van der Waals surface area contributed by atoms with Crippen LogP contribution in [0.5, 0.6) is 0 Å².